The zero-order chi connectivity index (χ0) is 17.3. The number of piperidine rings is 1. The Labute approximate surface area is 149 Å². The molecule has 134 valence electrons. The van der Waals surface area contributed by atoms with E-state index in [1.807, 2.05) is 18.2 Å². The molecule has 0 radical (unpaired) electrons. The zero-order valence-corrected chi connectivity index (χ0v) is 14.7. The molecule has 3 amide bonds. The van der Waals surface area contributed by atoms with Crippen LogP contribution in [0.2, 0.25) is 0 Å². The van der Waals surface area contributed by atoms with Crippen molar-refractivity contribution in [2.75, 3.05) is 19.6 Å². The number of nitrogens with zero attached hydrogens (tertiary/aromatic N) is 1. The summed E-state index contributed by atoms with van der Waals surface area (Å²) in [5, 5.41) is 6.52. The molecule has 3 aliphatic rings. The monoisotopic (exact) mass is 341 g/mol. The Bertz CT molecular complexity index is 638. The summed E-state index contributed by atoms with van der Waals surface area (Å²) >= 11 is 0. The van der Waals surface area contributed by atoms with Gasteiger partial charge in [0.1, 0.15) is 5.54 Å². The molecule has 0 unspecified atom stereocenters. The average molecular weight is 341 g/mol. The fourth-order valence-electron chi connectivity index (χ4n) is 4.32. The van der Waals surface area contributed by atoms with Gasteiger partial charge in [0.2, 0.25) is 0 Å². The van der Waals surface area contributed by atoms with Crippen molar-refractivity contribution in [2.24, 2.45) is 11.8 Å². The van der Waals surface area contributed by atoms with Gasteiger partial charge in [0.25, 0.3) is 5.91 Å². The summed E-state index contributed by atoms with van der Waals surface area (Å²) in [6.07, 6.45) is 5.67. The Morgan fingerprint density at radius 3 is 2.44 bits per heavy atom. The van der Waals surface area contributed by atoms with Crippen LogP contribution in [-0.2, 0) is 11.2 Å². The Morgan fingerprint density at radius 1 is 1.04 bits per heavy atom. The average Bonchev–Trinajstić information content (AvgIpc) is 3.44. The van der Waals surface area contributed by atoms with Crippen molar-refractivity contribution >= 4 is 11.9 Å². The molecule has 2 heterocycles. The number of nitrogens with one attached hydrogen (secondary N) is 2. The van der Waals surface area contributed by atoms with Crippen molar-refractivity contribution in [2.45, 2.75) is 44.1 Å². The Kier molecular flexibility index (Phi) is 4.50. The highest BCUT2D eigenvalue weighted by molar-refractivity contribution is 6.07. The topological polar surface area (TPSA) is 61.4 Å². The van der Waals surface area contributed by atoms with Gasteiger partial charge < -0.3 is 10.6 Å². The van der Waals surface area contributed by atoms with E-state index in [1.165, 1.54) is 10.5 Å². The van der Waals surface area contributed by atoms with Gasteiger partial charge in [0.15, 0.2) is 0 Å². The quantitative estimate of drug-likeness (QED) is 0.781. The summed E-state index contributed by atoms with van der Waals surface area (Å²) < 4.78 is 0. The first-order valence-corrected chi connectivity index (χ1v) is 9.58. The molecule has 2 N–H and O–H groups in total. The van der Waals surface area contributed by atoms with Crippen LogP contribution in [0.15, 0.2) is 30.3 Å². The number of benzene rings is 1. The smallest absolute Gasteiger partial charge is 0.323 e. The van der Waals surface area contributed by atoms with Gasteiger partial charge in [-0.15, -0.1) is 0 Å². The summed E-state index contributed by atoms with van der Waals surface area (Å²) in [5.41, 5.74) is 0.502. The molecule has 5 heteroatoms. The lowest BCUT2D eigenvalue weighted by molar-refractivity contribution is -0.134. The maximum absolute atomic E-state index is 13.3. The van der Waals surface area contributed by atoms with Crippen molar-refractivity contribution in [3.8, 4) is 0 Å². The van der Waals surface area contributed by atoms with E-state index in [1.54, 1.807) is 0 Å². The first kappa shape index (κ1) is 16.6. The molecule has 0 spiro atoms. The zero-order valence-electron chi connectivity index (χ0n) is 14.7. The Hall–Kier alpha value is -1.88. The largest absolute Gasteiger partial charge is 0.325 e. The molecule has 1 aromatic carbocycles. The molecule has 0 bridgehead atoms. The molecule has 4 rings (SSSR count). The number of hydrogen-bond acceptors (Lipinski definition) is 3. The van der Waals surface area contributed by atoms with Crippen LogP contribution in [0.5, 0.6) is 0 Å². The van der Waals surface area contributed by atoms with Crippen LogP contribution in [0.1, 0.15) is 37.7 Å². The minimum absolute atomic E-state index is 0.0206. The van der Waals surface area contributed by atoms with Gasteiger partial charge in [0.05, 0.1) is 0 Å². The molecule has 3 fully saturated rings. The normalized spacial score (nSPS) is 27.6. The predicted molar refractivity (Wildman–Crippen MR) is 96.1 cm³/mol. The van der Waals surface area contributed by atoms with Crippen LogP contribution in [-0.4, -0.2) is 42.0 Å². The van der Waals surface area contributed by atoms with E-state index >= 15 is 0 Å². The first-order chi connectivity index (χ1) is 12.2. The van der Waals surface area contributed by atoms with Crippen molar-refractivity contribution < 1.29 is 9.59 Å². The van der Waals surface area contributed by atoms with Crippen molar-refractivity contribution in [3.63, 3.8) is 0 Å². The SMILES string of the molecule is O=C1N[C@](CCc2ccccc2)(C2CCNCC2)C(=O)N1CC1CC1. The van der Waals surface area contributed by atoms with Gasteiger partial charge in [0, 0.05) is 6.54 Å². The van der Waals surface area contributed by atoms with Crippen molar-refractivity contribution in [1.29, 1.82) is 0 Å². The molecular weight excluding hydrogens is 314 g/mol. The third-order valence-electron chi connectivity index (χ3n) is 6.03. The molecule has 5 nitrogen and oxygen atoms in total. The Morgan fingerprint density at radius 2 is 1.76 bits per heavy atom. The molecular formula is C20H27N3O2. The third kappa shape index (κ3) is 3.30. The highest BCUT2D eigenvalue weighted by atomic mass is 16.2. The van der Waals surface area contributed by atoms with E-state index in [0.717, 1.165) is 45.2 Å². The summed E-state index contributed by atoms with van der Waals surface area (Å²) in [6, 6.07) is 10.1. The van der Waals surface area contributed by atoms with Gasteiger partial charge in [-0.25, -0.2) is 4.79 Å². The minimum Gasteiger partial charge on any atom is -0.323 e. The third-order valence-corrected chi connectivity index (χ3v) is 6.03. The number of rotatable bonds is 6. The van der Waals surface area contributed by atoms with E-state index in [0.29, 0.717) is 18.9 Å². The van der Waals surface area contributed by atoms with Gasteiger partial charge in [-0.1, -0.05) is 30.3 Å². The number of carbonyl (C=O) groups excluding carboxylic acids is 2. The van der Waals surface area contributed by atoms with Gasteiger partial charge in [-0.05, 0) is 69.0 Å². The second-order valence-electron chi connectivity index (χ2n) is 7.77. The Balaban J connectivity index is 1.57. The highest BCUT2D eigenvalue weighted by Gasteiger charge is 2.55. The predicted octanol–water partition coefficient (Wildman–Crippen LogP) is 2.32. The van der Waals surface area contributed by atoms with Crippen LogP contribution < -0.4 is 10.6 Å². The maximum Gasteiger partial charge on any atom is 0.325 e. The molecule has 2 aliphatic heterocycles. The van der Waals surface area contributed by atoms with Crippen molar-refractivity contribution in [3.05, 3.63) is 35.9 Å². The van der Waals surface area contributed by atoms with Gasteiger partial charge in [-0.3, -0.25) is 9.69 Å². The molecule has 1 aromatic rings. The van der Waals surface area contributed by atoms with Gasteiger partial charge >= 0.3 is 6.03 Å². The minimum atomic E-state index is -0.718. The lowest BCUT2D eigenvalue weighted by Crippen LogP contribution is -2.56. The van der Waals surface area contributed by atoms with E-state index < -0.39 is 5.54 Å². The van der Waals surface area contributed by atoms with Crippen LogP contribution in [0.4, 0.5) is 4.79 Å². The molecule has 0 aromatic heterocycles. The van der Waals surface area contributed by atoms with E-state index in [9.17, 15) is 9.59 Å². The molecule has 1 saturated carbocycles. The van der Waals surface area contributed by atoms with Crippen LogP contribution in [0, 0.1) is 11.8 Å². The van der Waals surface area contributed by atoms with E-state index in [-0.39, 0.29) is 17.9 Å². The van der Waals surface area contributed by atoms with E-state index in [2.05, 4.69) is 22.8 Å². The second kappa shape index (κ2) is 6.79. The fraction of sp³-hybridized carbons (Fsp3) is 0.600. The molecule has 25 heavy (non-hydrogen) atoms. The molecule has 2 saturated heterocycles. The summed E-state index contributed by atoms with van der Waals surface area (Å²) in [7, 11) is 0. The number of hydrogen-bond donors (Lipinski definition) is 2. The standard InChI is InChI=1S/C20H27N3O2/c24-18-20(17-9-12-21-13-10-17,11-8-15-4-2-1-3-5-15)22-19(25)23(18)14-16-6-7-16/h1-5,16-17,21H,6-14H2,(H,22,25)/t20-/m1/s1. The lowest BCUT2D eigenvalue weighted by atomic mass is 9.74. The van der Waals surface area contributed by atoms with Gasteiger partial charge in [-0.2, -0.15) is 0 Å². The fourth-order valence-corrected chi connectivity index (χ4v) is 4.32. The molecule has 1 atom stereocenters. The highest BCUT2D eigenvalue weighted by Crippen LogP contribution is 2.38. The van der Waals surface area contributed by atoms with E-state index in [4.69, 9.17) is 0 Å². The number of imide groups is 1. The first-order valence-electron chi connectivity index (χ1n) is 9.58. The van der Waals surface area contributed by atoms with Crippen LogP contribution in [0.3, 0.4) is 0 Å². The van der Waals surface area contributed by atoms with Crippen molar-refractivity contribution in [1.82, 2.24) is 15.5 Å². The number of amides is 3. The van der Waals surface area contributed by atoms with Crippen LogP contribution >= 0.6 is 0 Å². The summed E-state index contributed by atoms with van der Waals surface area (Å²) in [6.45, 7) is 2.44. The number of urea groups is 1. The molecule has 1 aliphatic carbocycles. The van der Waals surface area contributed by atoms with Crippen LogP contribution in [0.25, 0.3) is 0 Å². The maximum atomic E-state index is 13.3. The summed E-state index contributed by atoms with van der Waals surface area (Å²) in [4.78, 5) is 27.4. The lowest BCUT2D eigenvalue weighted by Gasteiger charge is -2.38. The second-order valence-corrected chi connectivity index (χ2v) is 7.77. The number of aryl methyl sites for hydroxylation is 1. The number of carbonyl (C=O) groups is 2. The summed E-state index contributed by atoms with van der Waals surface area (Å²) in [5.74, 6) is 0.762.